The van der Waals surface area contributed by atoms with Crippen molar-refractivity contribution in [2.45, 2.75) is 63.0 Å². The maximum absolute atomic E-state index is 12.6. The Kier molecular flexibility index (Phi) is 4.52. The van der Waals surface area contributed by atoms with Gasteiger partial charge < -0.3 is 9.84 Å². The molecule has 5 heteroatoms. The number of carbonyl (C=O) groups is 1. The summed E-state index contributed by atoms with van der Waals surface area (Å²) in [5.74, 6) is 0.451. The first kappa shape index (κ1) is 18.0. The number of hydrogen-bond donors (Lipinski definition) is 1. The Hall–Kier alpha value is -2.11. The topological polar surface area (TPSA) is 53.0 Å². The minimum Gasteiger partial charge on any atom is -0.450 e. The fourth-order valence-electron chi connectivity index (χ4n) is 6.01. The van der Waals surface area contributed by atoms with E-state index in [-0.39, 0.29) is 24.2 Å². The number of aliphatic hydroxyl groups is 1. The third kappa shape index (κ3) is 2.72. The summed E-state index contributed by atoms with van der Waals surface area (Å²) >= 11 is 0. The summed E-state index contributed by atoms with van der Waals surface area (Å²) < 4.78 is 5.33. The minimum atomic E-state index is -0.529. The smallest absolute Gasteiger partial charge is 0.410 e. The van der Waals surface area contributed by atoms with E-state index in [0.717, 1.165) is 25.8 Å². The quantitative estimate of drug-likeness (QED) is 0.872. The number of likely N-dealkylation sites (tertiary alicyclic amines) is 1. The molecule has 3 fully saturated rings. The van der Waals surface area contributed by atoms with Crippen LogP contribution in [-0.4, -0.2) is 57.9 Å². The molecule has 6 atom stereocenters. The normalized spacial score (nSPS) is 36.1. The molecule has 1 aromatic carbocycles. The van der Waals surface area contributed by atoms with Crippen LogP contribution >= 0.6 is 0 Å². The van der Waals surface area contributed by atoms with E-state index in [4.69, 9.17) is 4.74 Å². The Balaban J connectivity index is 1.52. The standard InChI is InChI=1S/C23H28N2O3/c1-2-28-23(27)25-18-12-17-13-19(25)22(26)21(18)24(14-15-8-4-3-5-9-15)20(17)16-10-6-7-11-16/h3-6,8-11,17-22,26H,2,7,12-14H2,1H3/t17?,18?,19?,20?,21?,22-/m0/s1. The van der Waals surface area contributed by atoms with E-state index in [0.29, 0.717) is 18.6 Å². The molecule has 5 nitrogen and oxygen atoms in total. The van der Waals surface area contributed by atoms with E-state index in [9.17, 15) is 9.90 Å². The zero-order valence-corrected chi connectivity index (χ0v) is 16.3. The van der Waals surface area contributed by atoms with Crippen LogP contribution in [0.15, 0.2) is 54.1 Å². The molecule has 1 aliphatic carbocycles. The van der Waals surface area contributed by atoms with Crippen molar-refractivity contribution < 1.29 is 14.6 Å². The first-order valence-electron chi connectivity index (χ1n) is 10.5. The Morgan fingerprint density at radius 1 is 1.21 bits per heavy atom. The number of allylic oxidation sites excluding steroid dienone is 2. The minimum absolute atomic E-state index is 0.0312. The molecule has 1 aromatic rings. The first-order valence-corrected chi connectivity index (χ1v) is 10.5. The highest BCUT2D eigenvalue weighted by Gasteiger charge is 2.62. The highest BCUT2D eigenvalue weighted by atomic mass is 16.6. The first-order chi connectivity index (χ1) is 13.7. The number of rotatable bonds is 4. The molecular weight excluding hydrogens is 352 g/mol. The lowest BCUT2D eigenvalue weighted by molar-refractivity contribution is -0.0188. The van der Waals surface area contributed by atoms with Crippen molar-refractivity contribution in [2.75, 3.05) is 6.61 Å². The van der Waals surface area contributed by atoms with Crippen LogP contribution in [0.5, 0.6) is 0 Å². The van der Waals surface area contributed by atoms with Gasteiger partial charge in [0.1, 0.15) is 0 Å². The molecule has 0 saturated carbocycles. The lowest BCUT2D eigenvalue weighted by Crippen LogP contribution is -2.61. The predicted octanol–water partition coefficient (Wildman–Crippen LogP) is 3.11. The van der Waals surface area contributed by atoms with Crippen molar-refractivity contribution in [1.29, 1.82) is 0 Å². The molecule has 3 aliphatic heterocycles. The molecule has 0 aromatic heterocycles. The number of fused-ring (bicyclic) bond motifs is 2. The van der Waals surface area contributed by atoms with Gasteiger partial charge in [0.05, 0.1) is 30.8 Å². The average molecular weight is 380 g/mol. The van der Waals surface area contributed by atoms with Crippen molar-refractivity contribution in [3.63, 3.8) is 0 Å². The fraction of sp³-hybridized carbons (Fsp3) is 0.522. The van der Waals surface area contributed by atoms with Crippen LogP contribution in [0.25, 0.3) is 0 Å². The highest BCUT2D eigenvalue weighted by molar-refractivity contribution is 5.70. The molecule has 0 radical (unpaired) electrons. The van der Waals surface area contributed by atoms with Crippen LogP contribution in [0.1, 0.15) is 31.7 Å². The van der Waals surface area contributed by atoms with Crippen molar-refractivity contribution >= 4 is 6.09 Å². The van der Waals surface area contributed by atoms with Crippen LogP contribution in [0.2, 0.25) is 0 Å². The Morgan fingerprint density at radius 3 is 2.71 bits per heavy atom. The lowest BCUT2D eigenvalue weighted by atomic mass is 9.77. The number of nitrogens with zero attached hydrogens (tertiary/aromatic N) is 2. The second kappa shape index (κ2) is 7.05. The van der Waals surface area contributed by atoms with Gasteiger partial charge in [-0.3, -0.25) is 9.80 Å². The van der Waals surface area contributed by atoms with Gasteiger partial charge in [0.2, 0.25) is 0 Å². The number of piperidine rings is 2. The molecular formula is C23H28N2O3. The summed E-state index contributed by atoms with van der Waals surface area (Å²) in [6.45, 7) is 2.99. The van der Waals surface area contributed by atoms with Crippen molar-refractivity contribution in [2.24, 2.45) is 5.92 Å². The number of amides is 1. The van der Waals surface area contributed by atoms with Gasteiger partial charge in [-0.05, 0) is 43.2 Å². The van der Waals surface area contributed by atoms with E-state index >= 15 is 0 Å². The summed E-state index contributed by atoms with van der Waals surface area (Å²) in [6, 6.07) is 10.6. The molecule has 3 bridgehead atoms. The molecule has 28 heavy (non-hydrogen) atoms. The largest absolute Gasteiger partial charge is 0.450 e. The van der Waals surface area contributed by atoms with Crippen LogP contribution in [-0.2, 0) is 11.3 Å². The maximum atomic E-state index is 12.6. The van der Waals surface area contributed by atoms with Crippen molar-refractivity contribution in [3.8, 4) is 0 Å². The lowest BCUT2D eigenvalue weighted by Gasteiger charge is -2.51. The van der Waals surface area contributed by atoms with E-state index in [1.54, 1.807) is 0 Å². The van der Waals surface area contributed by atoms with Crippen LogP contribution in [0.4, 0.5) is 4.79 Å². The van der Waals surface area contributed by atoms with Gasteiger partial charge in [0, 0.05) is 12.6 Å². The number of hydrogen-bond acceptors (Lipinski definition) is 4. The molecule has 5 unspecified atom stereocenters. The average Bonchev–Trinajstić information content (AvgIpc) is 3.26. The second-order valence-corrected chi connectivity index (χ2v) is 8.40. The van der Waals surface area contributed by atoms with Crippen LogP contribution in [0.3, 0.4) is 0 Å². The van der Waals surface area contributed by atoms with E-state index in [2.05, 4.69) is 47.4 Å². The maximum Gasteiger partial charge on any atom is 0.410 e. The summed E-state index contributed by atoms with van der Waals surface area (Å²) in [5, 5.41) is 11.3. The molecule has 5 rings (SSSR count). The fourth-order valence-corrected chi connectivity index (χ4v) is 6.01. The van der Waals surface area contributed by atoms with E-state index in [1.165, 1.54) is 11.1 Å². The Morgan fingerprint density at radius 2 is 2.00 bits per heavy atom. The second-order valence-electron chi connectivity index (χ2n) is 8.40. The van der Waals surface area contributed by atoms with E-state index < -0.39 is 6.10 Å². The number of carbonyl (C=O) groups excluding carboxylic acids is 1. The Labute approximate surface area is 166 Å². The molecule has 0 spiro atoms. The van der Waals surface area contributed by atoms with Gasteiger partial charge in [-0.1, -0.05) is 48.6 Å². The monoisotopic (exact) mass is 380 g/mol. The highest BCUT2D eigenvalue weighted by Crippen LogP contribution is 2.51. The van der Waals surface area contributed by atoms with Crippen LogP contribution < -0.4 is 0 Å². The third-order valence-corrected chi connectivity index (χ3v) is 6.96. The van der Waals surface area contributed by atoms with Gasteiger partial charge in [0.25, 0.3) is 0 Å². The summed E-state index contributed by atoms with van der Waals surface area (Å²) in [4.78, 5) is 17.0. The van der Waals surface area contributed by atoms with Gasteiger partial charge in [-0.2, -0.15) is 0 Å². The molecule has 4 aliphatic rings. The summed E-state index contributed by atoms with van der Waals surface area (Å²) in [6.07, 6.45) is 8.78. The summed E-state index contributed by atoms with van der Waals surface area (Å²) in [7, 11) is 0. The zero-order chi connectivity index (χ0) is 19.3. The van der Waals surface area contributed by atoms with Gasteiger partial charge in [-0.25, -0.2) is 4.79 Å². The predicted molar refractivity (Wildman–Crippen MR) is 107 cm³/mol. The molecule has 148 valence electrons. The van der Waals surface area contributed by atoms with Crippen LogP contribution in [0, 0.1) is 5.92 Å². The van der Waals surface area contributed by atoms with Gasteiger partial charge >= 0.3 is 6.09 Å². The molecule has 1 amide bonds. The molecule has 3 saturated heterocycles. The number of ether oxygens (including phenoxy) is 1. The van der Waals surface area contributed by atoms with Gasteiger partial charge in [-0.15, -0.1) is 0 Å². The number of benzene rings is 1. The third-order valence-electron chi connectivity index (χ3n) is 6.96. The Bertz CT molecular complexity index is 805. The van der Waals surface area contributed by atoms with Crippen molar-refractivity contribution in [3.05, 3.63) is 59.7 Å². The SMILES string of the molecule is CCOC(=O)N1C2CC3CC1[C@H](O)C2N(Cc1ccccc1)C3C1=CCC=C1. The molecule has 1 N–H and O–H groups in total. The number of aliphatic hydroxyl groups excluding tert-OH is 1. The van der Waals surface area contributed by atoms with Crippen molar-refractivity contribution in [1.82, 2.24) is 9.80 Å². The summed E-state index contributed by atoms with van der Waals surface area (Å²) in [5.41, 5.74) is 2.62. The zero-order valence-electron chi connectivity index (χ0n) is 16.3. The van der Waals surface area contributed by atoms with E-state index in [1.807, 2.05) is 17.9 Å². The van der Waals surface area contributed by atoms with Gasteiger partial charge in [0.15, 0.2) is 0 Å². The molecule has 3 heterocycles.